The van der Waals surface area contributed by atoms with Crippen LogP contribution in [0.5, 0.6) is 5.75 Å². The van der Waals surface area contributed by atoms with Gasteiger partial charge in [-0.1, -0.05) is 41.9 Å². The number of rotatable bonds is 5. The van der Waals surface area contributed by atoms with E-state index in [0.717, 1.165) is 27.0 Å². The van der Waals surface area contributed by atoms with E-state index in [1.54, 1.807) is 0 Å². The number of aryl methyl sites for hydroxylation is 1. The van der Waals surface area contributed by atoms with Crippen LogP contribution in [-0.4, -0.2) is 6.21 Å². The summed E-state index contributed by atoms with van der Waals surface area (Å²) in [4.78, 5) is 4.61. The number of ether oxygens (including phenoxy) is 1. The predicted octanol–water partition coefficient (Wildman–Crippen LogP) is 7.05. The van der Waals surface area contributed by atoms with Crippen LogP contribution < -0.4 is 4.74 Å². The average Bonchev–Trinajstić information content (AvgIpc) is 2.63. The van der Waals surface area contributed by atoms with Gasteiger partial charge in [-0.3, -0.25) is 4.99 Å². The van der Waals surface area contributed by atoms with Crippen molar-refractivity contribution in [1.82, 2.24) is 0 Å². The molecule has 0 amide bonds. The maximum Gasteiger partial charge on any atom is 0.134 e. The monoisotopic (exact) mass is 427 g/mol. The van der Waals surface area contributed by atoms with E-state index in [2.05, 4.69) is 40.8 Å². The second kappa shape index (κ2) is 8.52. The summed E-state index contributed by atoms with van der Waals surface area (Å²) in [6, 6.07) is 19.7. The zero-order valence-corrected chi connectivity index (χ0v) is 17.0. The minimum atomic E-state index is 0.425. The molecule has 0 bridgehead atoms. The normalized spacial score (nSPS) is 11.1. The molecule has 0 aliphatic rings. The number of aliphatic imine (C=N–C) groups is 1. The summed E-state index contributed by atoms with van der Waals surface area (Å²) in [7, 11) is 0. The Kier molecular flexibility index (Phi) is 6.12. The first-order valence-corrected chi connectivity index (χ1v) is 9.48. The Balaban J connectivity index is 1.72. The van der Waals surface area contributed by atoms with Crippen molar-refractivity contribution >= 4 is 39.4 Å². The van der Waals surface area contributed by atoms with E-state index in [-0.39, 0.29) is 0 Å². The van der Waals surface area contributed by atoms with Gasteiger partial charge in [-0.25, -0.2) is 0 Å². The topological polar surface area (TPSA) is 21.6 Å². The van der Waals surface area contributed by atoms with Crippen LogP contribution in [0.25, 0.3) is 0 Å². The van der Waals surface area contributed by atoms with Crippen LogP contribution in [-0.2, 0) is 6.61 Å². The molecule has 0 aromatic heterocycles. The fraction of sp³-hybridized carbons (Fsp3) is 0.136. The summed E-state index contributed by atoms with van der Waals surface area (Å²) in [5.74, 6) is 0.772. The second-order valence-corrected chi connectivity index (χ2v) is 7.31. The molecular weight excluding hydrogens is 410 g/mol. The van der Waals surface area contributed by atoms with Gasteiger partial charge in [-0.05, 0) is 76.8 Å². The smallest absolute Gasteiger partial charge is 0.134 e. The molecule has 0 unspecified atom stereocenters. The molecule has 3 aromatic rings. The molecule has 0 N–H and O–H groups in total. The number of benzene rings is 3. The number of nitrogens with zero attached hydrogens (tertiary/aromatic N) is 1. The summed E-state index contributed by atoms with van der Waals surface area (Å²) in [5, 5.41) is 0.709. The highest BCUT2D eigenvalue weighted by molar-refractivity contribution is 9.10. The van der Waals surface area contributed by atoms with E-state index < -0.39 is 0 Å². The van der Waals surface area contributed by atoms with Gasteiger partial charge < -0.3 is 4.74 Å². The Labute approximate surface area is 167 Å². The number of hydrogen-bond donors (Lipinski definition) is 0. The molecule has 0 spiro atoms. The van der Waals surface area contributed by atoms with E-state index in [0.29, 0.717) is 11.6 Å². The van der Waals surface area contributed by atoms with Gasteiger partial charge in [-0.2, -0.15) is 0 Å². The van der Waals surface area contributed by atoms with Gasteiger partial charge in [-0.15, -0.1) is 0 Å². The Bertz CT molecular complexity index is 953. The zero-order valence-electron chi connectivity index (χ0n) is 14.7. The van der Waals surface area contributed by atoms with Crippen molar-refractivity contribution in [3.05, 3.63) is 92.4 Å². The predicted molar refractivity (Wildman–Crippen MR) is 113 cm³/mol. The van der Waals surface area contributed by atoms with E-state index in [1.165, 1.54) is 11.1 Å². The molecule has 26 heavy (non-hydrogen) atoms. The van der Waals surface area contributed by atoms with Crippen molar-refractivity contribution < 1.29 is 4.74 Å². The summed E-state index contributed by atoms with van der Waals surface area (Å²) in [6.45, 7) is 4.60. The van der Waals surface area contributed by atoms with Gasteiger partial charge in [0.25, 0.3) is 0 Å². The first-order chi connectivity index (χ1) is 12.5. The van der Waals surface area contributed by atoms with Crippen molar-refractivity contribution in [2.24, 2.45) is 4.99 Å². The molecule has 0 radical (unpaired) electrons. The highest BCUT2D eigenvalue weighted by Gasteiger charge is 2.05. The molecule has 3 rings (SSSR count). The number of halogens is 2. The lowest BCUT2D eigenvalue weighted by Crippen LogP contribution is -1.97. The van der Waals surface area contributed by atoms with Crippen LogP contribution in [0.2, 0.25) is 5.02 Å². The Hall–Kier alpha value is -2.10. The van der Waals surface area contributed by atoms with Gasteiger partial charge in [0.05, 0.1) is 10.2 Å². The largest absolute Gasteiger partial charge is 0.488 e. The van der Waals surface area contributed by atoms with Crippen molar-refractivity contribution in [2.75, 3.05) is 0 Å². The van der Waals surface area contributed by atoms with Crippen LogP contribution >= 0.6 is 27.5 Å². The summed E-state index contributed by atoms with van der Waals surface area (Å²) < 4.78 is 6.76. The lowest BCUT2D eigenvalue weighted by Gasteiger charge is -2.10. The second-order valence-electron chi connectivity index (χ2n) is 6.05. The summed E-state index contributed by atoms with van der Waals surface area (Å²) in [6.07, 6.45) is 1.87. The summed E-state index contributed by atoms with van der Waals surface area (Å²) in [5.41, 5.74) is 5.39. The van der Waals surface area contributed by atoms with Crippen LogP contribution in [0.3, 0.4) is 0 Å². The third-order valence-electron chi connectivity index (χ3n) is 4.23. The molecule has 2 nitrogen and oxygen atoms in total. The lowest BCUT2D eigenvalue weighted by atomic mass is 10.1. The van der Waals surface area contributed by atoms with Crippen molar-refractivity contribution in [2.45, 2.75) is 20.5 Å². The molecule has 3 aromatic carbocycles. The fourth-order valence-corrected chi connectivity index (χ4v) is 3.21. The Morgan fingerprint density at radius 2 is 1.85 bits per heavy atom. The van der Waals surface area contributed by atoms with Crippen LogP contribution in [0.15, 0.2) is 70.1 Å². The van der Waals surface area contributed by atoms with E-state index in [9.17, 15) is 0 Å². The molecule has 0 saturated carbocycles. The molecule has 0 atom stereocenters. The fourth-order valence-electron chi connectivity index (χ4n) is 2.50. The molecule has 4 heteroatoms. The first-order valence-electron chi connectivity index (χ1n) is 8.30. The molecule has 0 saturated heterocycles. The van der Waals surface area contributed by atoms with Crippen LogP contribution in [0.1, 0.15) is 22.3 Å². The van der Waals surface area contributed by atoms with E-state index in [1.807, 2.05) is 60.8 Å². The third kappa shape index (κ3) is 4.54. The number of hydrogen-bond acceptors (Lipinski definition) is 2. The van der Waals surface area contributed by atoms with Crippen LogP contribution in [0, 0.1) is 13.8 Å². The zero-order chi connectivity index (χ0) is 18.5. The molecular formula is C22H19BrClNO. The maximum absolute atomic E-state index is 6.17. The highest BCUT2D eigenvalue weighted by atomic mass is 79.9. The van der Waals surface area contributed by atoms with E-state index >= 15 is 0 Å². The minimum absolute atomic E-state index is 0.425. The van der Waals surface area contributed by atoms with Gasteiger partial charge in [0.15, 0.2) is 0 Å². The van der Waals surface area contributed by atoms with Crippen molar-refractivity contribution in [3.8, 4) is 5.75 Å². The first kappa shape index (κ1) is 18.7. The standard InChI is InChI=1S/C22H19BrClNO/c1-15-6-5-9-21(16(15)2)25-13-17-10-11-22(19(23)12-17)26-14-18-7-3-4-8-20(18)24/h3-13H,14H2,1-2H3. The van der Waals surface area contributed by atoms with Crippen LogP contribution in [0.4, 0.5) is 5.69 Å². The SMILES string of the molecule is Cc1cccc(N=Cc2ccc(OCc3ccccc3Cl)c(Br)c2)c1C. The average molecular weight is 429 g/mol. The van der Waals surface area contributed by atoms with Crippen molar-refractivity contribution in [3.63, 3.8) is 0 Å². The Morgan fingerprint density at radius 1 is 1.04 bits per heavy atom. The van der Waals surface area contributed by atoms with Crippen molar-refractivity contribution in [1.29, 1.82) is 0 Å². The maximum atomic E-state index is 6.17. The Morgan fingerprint density at radius 3 is 2.62 bits per heavy atom. The molecule has 132 valence electrons. The van der Waals surface area contributed by atoms with Gasteiger partial charge in [0.1, 0.15) is 12.4 Å². The molecule has 0 aliphatic carbocycles. The summed E-state index contributed by atoms with van der Waals surface area (Å²) >= 11 is 9.74. The molecule has 0 heterocycles. The lowest BCUT2D eigenvalue weighted by molar-refractivity contribution is 0.304. The van der Waals surface area contributed by atoms with E-state index in [4.69, 9.17) is 16.3 Å². The molecule has 0 fully saturated rings. The quantitative estimate of drug-likeness (QED) is 0.399. The molecule has 0 aliphatic heterocycles. The third-order valence-corrected chi connectivity index (χ3v) is 5.21. The van der Waals surface area contributed by atoms with Gasteiger partial charge >= 0.3 is 0 Å². The van der Waals surface area contributed by atoms with Gasteiger partial charge in [0, 0.05) is 16.8 Å². The minimum Gasteiger partial charge on any atom is -0.488 e. The highest BCUT2D eigenvalue weighted by Crippen LogP contribution is 2.28. The van der Waals surface area contributed by atoms with Gasteiger partial charge in [0.2, 0.25) is 0 Å².